The second-order valence-electron chi connectivity index (χ2n) is 9.59. The van der Waals surface area contributed by atoms with Crippen LogP contribution in [0.3, 0.4) is 0 Å². The first-order valence-corrected chi connectivity index (χ1v) is 11.9. The molecule has 0 spiro atoms. The zero-order valence-electron chi connectivity index (χ0n) is 19.1. The number of fused-ring (bicyclic) bond motifs is 3. The van der Waals surface area contributed by atoms with Crippen molar-refractivity contribution in [3.63, 3.8) is 0 Å². The van der Waals surface area contributed by atoms with Gasteiger partial charge >= 0.3 is 0 Å². The van der Waals surface area contributed by atoms with Crippen molar-refractivity contribution in [3.05, 3.63) is 118 Å². The Morgan fingerprint density at radius 2 is 1.31 bits per heavy atom. The first-order valence-electron chi connectivity index (χ1n) is 11.9. The van der Waals surface area contributed by atoms with Gasteiger partial charge in [0.2, 0.25) is 0 Å². The molecule has 0 aromatic heterocycles. The summed E-state index contributed by atoms with van der Waals surface area (Å²) < 4.78 is 0. The van der Waals surface area contributed by atoms with E-state index in [1.165, 1.54) is 40.7 Å². The molecule has 2 bridgehead atoms. The van der Waals surface area contributed by atoms with E-state index >= 15 is 0 Å². The Bertz CT molecular complexity index is 1020. The number of hydrogen-bond acceptors (Lipinski definition) is 2. The average molecular weight is 424 g/mol. The molecule has 2 unspecified atom stereocenters. The molecule has 3 saturated heterocycles. The van der Waals surface area contributed by atoms with E-state index in [0.717, 1.165) is 18.7 Å². The third-order valence-corrected chi connectivity index (χ3v) is 7.30. The highest BCUT2D eigenvalue weighted by atomic mass is 16.3. The molecular formula is C30H33NO. The van der Waals surface area contributed by atoms with Gasteiger partial charge in [0.25, 0.3) is 0 Å². The van der Waals surface area contributed by atoms with Gasteiger partial charge in [-0.1, -0.05) is 102 Å². The van der Waals surface area contributed by atoms with E-state index in [0.29, 0.717) is 5.92 Å². The van der Waals surface area contributed by atoms with Gasteiger partial charge in [0.05, 0.1) is 6.10 Å². The van der Waals surface area contributed by atoms with Crippen LogP contribution >= 0.6 is 0 Å². The Morgan fingerprint density at radius 3 is 1.84 bits per heavy atom. The Labute approximate surface area is 192 Å². The fourth-order valence-electron chi connectivity index (χ4n) is 5.94. The number of hydrogen-bond donors (Lipinski definition) is 1. The molecule has 3 fully saturated rings. The monoisotopic (exact) mass is 423 g/mol. The van der Waals surface area contributed by atoms with Crippen molar-refractivity contribution in [1.82, 2.24) is 4.90 Å². The quantitative estimate of drug-likeness (QED) is 0.495. The highest BCUT2D eigenvalue weighted by Gasteiger charge is 2.43. The third-order valence-electron chi connectivity index (χ3n) is 7.30. The van der Waals surface area contributed by atoms with Crippen molar-refractivity contribution < 1.29 is 5.11 Å². The summed E-state index contributed by atoms with van der Waals surface area (Å²) in [5, 5.41) is 11.3. The summed E-state index contributed by atoms with van der Waals surface area (Å²) in [6.07, 6.45) is 4.00. The molecule has 3 heterocycles. The smallest absolute Gasteiger partial charge is 0.0975 e. The summed E-state index contributed by atoms with van der Waals surface area (Å²) in [4.78, 5) is 2.66. The van der Waals surface area contributed by atoms with Gasteiger partial charge < -0.3 is 5.11 Å². The molecule has 2 heteroatoms. The molecule has 6 rings (SSSR count). The molecule has 2 nitrogen and oxygen atoms in total. The Balaban J connectivity index is 1.60. The van der Waals surface area contributed by atoms with Crippen LogP contribution in [-0.2, 0) is 0 Å². The topological polar surface area (TPSA) is 23.5 Å². The van der Waals surface area contributed by atoms with E-state index in [1.54, 1.807) is 0 Å². The lowest BCUT2D eigenvalue weighted by Crippen LogP contribution is -2.53. The van der Waals surface area contributed by atoms with E-state index in [2.05, 4.69) is 104 Å². The Hall–Kier alpha value is -2.68. The second-order valence-corrected chi connectivity index (χ2v) is 9.59. The van der Waals surface area contributed by atoms with Crippen molar-refractivity contribution in [2.45, 2.75) is 44.8 Å². The summed E-state index contributed by atoms with van der Waals surface area (Å²) in [6.45, 7) is 6.49. The van der Waals surface area contributed by atoms with Crippen LogP contribution in [0.1, 0.15) is 52.7 Å². The highest BCUT2D eigenvalue weighted by molar-refractivity contribution is 5.41. The molecular weight excluding hydrogens is 390 g/mol. The van der Waals surface area contributed by atoms with Crippen LogP contribution in [0, 0.1) is 19.8 Å². The molecule has 0 amide bonds. The van der Waals surface area contributed by atoms with Crippen LogP contribution in [0.5, 0.6) is 0 Å². The van der Waals surface area contributed by atoms with Gasteiger partial charge in [-0.05, 0) is 62.4 Å². The molecule has 32 heavy (non-hydrogen) atoms. The van der Waals surface area contributed by atoms with E-state index in [4.69, 9.17) is 0 Å². The second kappa shape index (κ2) is 9.05. The minimum Gasteiger partial charge on any atom is -0.384 e. The maximum atomic E-state index is 11.3. The van der Waals surface area contributed by atoms with Crippen molar-refractivity contribution in [3.8, 4) is 0 Å². The SMILES string of the molecule is Cc1cc(C)cc(C(O)/C=C2\C3CCN(CC3)C2C(c2ccccc2)c2ccccc2)c1. The number of piperidine rings is 3. The molecule has 3 aliphatic rings. The lowest BCUT2D eigenvalue weighted by atomic mass is 9.70. The van der Waals surface area contributed by atoms with Crippen molar-refractivity contribution in [2.75, 3.05) is 13.1 Å². The summed E-state index contributed by atoms with van der Waals surface area (Å²) in [5.41, 5.74) is 7.53. The fourth-order valence-corrected chi connectivity index (χ4v) is 5.94. The summed E-state index contributed by atoms with van der Waals surface area (Å²) in [5.74, 6) is 0.818. The predicted octanol–water partition coefficient (Wildman–Crippen LogP) is 6.19. The zero-order chi connectivity index (χ0) is 22.1. The van der Waals surface area contributed by atoms with Gasteiger partial charge in [0.15, 0.2) is 0 Å². The van der Waals surface area contributed by atoms with Crippen LogP contribution in [0.25, 0.3) is 0 Å². The average Bonchev–Trinajstić information content (AvgIpc) is 2.82. The first kappa shape index (κ1) is 21.2. The number of benzene rings is 3. The highest BCUT2D eigenvalue weighted by Crippen LogP contribution is 2.45. The normalized spacial score (nSPS) is 24.8. The zero-order valence-corrected chi connectivity index (χ0v) is 19.1. The van der Waals surface area contributed by atoms with E-state index in [-0.39, 0.29) is 12.0 Å². The minimum atomic E-state index is -0.571. The number of rotatable bonds is 5. The standard InChI is InChI=1S/C30H33NO/c1-21-17-22(2)19-26(18-21)28(32)20-27-23-13-15-31(16-14-23)30(27)29(24-9-5-3-6-10-24)25-11-7-4-8-12-25/h3-12,17-20,23,28-30,32H,13-16H2,1-2H3/b27-20+. The van der Waals surface area contributed by atoms with Crippen molar-refractivity contribution in [2.24, 2.45) is 5.92 Å². The number of aliphatic hydroxyl groups excluding tert-OH is 1. The van der Waals surface area contributed by atoms with Crippen LogP contribution in [0.2, 0.25) is 0 Å². The molecule has 0 radical (unpaired) electrons. The molecule has 3 aliphatic heterocycles. The number of aliphatic hydroxyl groups is 1. The Morgan fingerprint density at radius 1 is 0.781 bits per heavy atom. The van der Waals surface area contributed by atoms with Crippen molar-refractivity contribution >= 4 is 0 Å². The molecule has 0 aliphatic carbocycles. The van der Waals surface area contributed by atoms with E-state index in [9.17, 15) is 5.11 Å². The Kier molecular flexibility index (Phi) is 5.99. The van der Waals surface area contributed by atoms with E-state index in [1.807, 2.05) is 0 Å². The molecule has 2 atom stereocenters. The van der Waals surface area contributed by atoms with Gasteiger partial charge in [-0.25, -0.2) is 0 Å². The number of nitrogens with zero attached hydrogens (tertiary/aromatic N) is 1. The maximum Gasteiger partial charge on any atom is 0.0975 e. The molecule has 0 saturated carbocycles. The van der Waals surface area contributed by atoms with Gasteiger partial charge in [-0.3, -0.25) is 4.90 Å². The summed E-state index contributed by atoms with van der Waals surface area (Å²) >= 11 is 0. The lowest BCUT2D eigenvalue weighted by molar-refractivity contribution is 0.0908. The fraction of sp³-hybridized carbons (Fsp3) is 0.333. The molecule has 1 N–H and O–H groups in total. The maximum absolute atomic E-state index is 11.3. The largest absolute Gasteiger partial charge is 0.384 e. The van der Waals surface area contributed by atoms with Crippen LogP contribution in [0.4, 0.5) is 0 Å². The predicted molar refractivity (Wildman–Crippen MR) is 132 cm³/mol. The van der Waals surface area contributed by atoms with Crippen molar-refractivity contribution in [1.29, 1.82) is 0 Å². The van der Waals surface area contributed by atoms with E-state index < -0.39 is 6.10 Å². The molecule has 3 aromatic carbocycles. The molecule has 164 valence electrons. The third kappa shape index (κ3) is 4.18. The van der Waals surface area contributed by atoms with Crippen LogP contribution in [0.15, 0.2) is 90.5 Å². The van der Waals surface area contributed by atoms with Gasteiger partial charge in [0.1, 0.15) is 0 Å². The minimum absolute atomic E-state index is 0.262. The first-order chi connectivity index (χ1) is 15.6. The number of aryl methyl sites for hydroxylation is 2. The van der Waals surface area contributed by atoms with Gasteiger partial charge in [-0.2, -0.15) is 0 Å². The summed E-state index contributed by atoms with van der Waals surface area (Å²) in [7, 11) is 0. The van der Waals surface area contributed by atoms with Crippen LogP contribution in [-0.4, -0.2) is 29.1 Å². The summed E-state index contributed by atoms with van der Waals surface area (Å²) in [6, 6.07) is 28.5. The van der Waals surface area contributed by atoms with Gasteiger partial charge in [0, 0.05) is 12.0 Å². The molecule has 3 aromatic rings. The van der Waals surface area contributed by atoms with Crippen LogP contribution < -0.4 is 0 Å². The lowest BCUT2D eigenvalue weighted by Gasteiger charge is -2.51. The van der Waals surface area contributed by atoms with Gasteiger partial charge in [-0.15, -0.1) is 0 Å².